The average molecular weight is 354 g/mol. The molecule has 0 aromatic carbocycles. The summed E-state index contributed by atoms with van der Waals surface area (Å²) in [5.41, 5.74) is 1.22. The Kier molecular flexibility index (Phi) is 6.00. The fourth-order valence-corrected chi connectivity index (χ4v) is 2.71. The molecule has 0 radical (unpaired) electrons. The molecule has 9 heteroatoms. The summed E-state index contributed by atoms with van der Waals surface area (Å²) in [5.74, 6) is 0.385. The van der Waals surface area contributed by atoms with E-state index in [-0.39, 0.29) is 16.1 Å². The normalized spacial score (nSPS) is 11.4. The molecule has 0 fully saturated rings. The molecule has 0 bridgehead atoms. The summed E-state index contributed by atoms with van der Waals surface area (Å²) in [5, 5.41) is 8.43. The Morgan fingerprint density at radius 3 is 2.96 bits per heavy atom. The van der Waals surface area contributed by atoms with Crippen molar-refractivity contribution in [2.75, 3.05) is 24.8 Å². The maximum Gasteiger partial charge on any atom is 0.286 e. The smallest absolute Gasteiger partial charge is 0.286 e. The van der Waals surface area contributed by atoms with Crippen molar-refractivity contribution in [1.29, 1.82) is 0 Å². The monoisotopic (exact) mass is 353 g/mol. The zero-order valence-electron chi connectivity index (χ0n) is 12.9. The molecule has 0 atom stereocenters. The lowest BCUT2D eigenvalue weighted by Crippen LogP contribution is -2.32. The van der Waals surface area contributed by atoms with Gasteiger partial charge < -0.3 is 9.74 Å². The highest BCUT2D eigenvalue weighted by Crippen LogP contribution is 2.26. The van der Waals surface area contributed by atoms with Gasteiger partial charge in [0.2, 0.25) is 5.04 Å². The first kappa shape index (κ1) is 17.3. The van der Waals surface area contributed by atoms with Crippen molar-refractivity contribution in [3.8, 4) is 5.69 Å². The van der Waals surface area contributed by atoms with E-state index in [0.29, 0.717) is 11.4 Å². The number of nitrogens with zero attached hydrogens (tertiary/aromatic N) is 5. The molecule has 0 saturated heterocycles. The van der Waals surface area contributed by atoms with Gasteiger partial charge in [0.15, 0.2) is 5.15 Å². The van der Waals surface area contributed by atoms with Crippen molar-refractivity contribution in [3.05, 3.63) is 35.9 Å². The van der Waals surface area contributed by atoms with Crippen LogP contribution in [0, 0.1) is 0 Å². The number of halogens is 1. The molecular formula is C14H16ClN5O2S. The molecule has 122 valence electrons. The number of pyridine rings is 1. The second-order valence-electron chi connectivity index (χ2n) is 4.34. The number of hydrogen-bond acceptors (Lipinski definition) is 6. The molecule has 23 heavy (non-hydrogen) atoms. The number of rotatable bonds is 4. The second kappa shape index (κ2) is 7.98. The number of carbonyl (C=O) groups is 1. The Balaban J connectivity index is 2.29. The minimum absolute atomic E-state index is 0.211. The van der Waals surface area contributed by atoms with E-state index in [1.165, 1.54) is 23.8 Å². The van der Waals surface area contributed by atoms with Crippen LogP contribution < -0.4 is 4.90 Å². The van der Waals surface area contributed by atoms with Crippen LogP contribution in [-0.4, -0.2) is 45.6 Å². The summed E-state index contributed by atoms with van der Waals surface area (Å²) in [7, 11) is 3.01. The molecule has 7 nitrogen and oxygen atoms in total. The lowest BCUT2D eigenvalue weighted by atomic mass is 10.4. The lowest BCUT2D eigenvalue weighted by molar-refractivity contribution is -0.112. The first-order chi connectivity index (χ1) is 11.1. The van der Waals surface area contributed by atoms with Gasteiger partial charge >= 0.3 is 0 Å². The van der Waals surface area contributed by atoms with Gasteiger partial charge in [-0.15, -0.1) is 0 Å². The van der Waals surface area contributed by atoms with Crippen LogP contribution in [0.3, 0.4) is 0 Å². The Morgan fingerprint density at radius 2 is 2.35 bits per heavy atom. The molecule has 2 aromatic rings. The average Bonchev–Trinajstić information content (AvgIpc) is 2.96. The number of amides is 1. The highest BCUT2D eigenvalue weighted by atomic mass is 35.5. The third kappa shape index (κ3) is 4.02. The second-order valence-corrected chi connectivity index (χ2v) is 5.95. The van der Waals surface area contributed by atoms with Gasteiger partial charge in [0.1, 0.15) is 12.8 Å². The van der Waals surface area contributed by atoms with Crippen molar-refractivity contribution >= 4 is 40.0 Å². The summed E-state index contributed by atoms with van der Waals surface area (Å²) in [4.78, 5) is 22.7. The summed E-state index contributed by atoms with van der Waals surface area (Å²) in [6.07, 6.45) is 4.98. The molecule has 0 unspecified atom stereocenters. The molecule has 0 aliphatic carbocycles. The third-order valence-corrected chi connectivity index (χ3v) is 3.95. The summed E-state index contributed by atoms with van der Waals surface area (Å²) in [6.45, 7) is 1.93. The van der Waals surface area contributed by atoms with Gasteiger partial charge in [0.25, 0.3) is 5.91 Å². The Hall–Kier alpha value is -2.06. The first-order valence-corrected chi connectivity index (χ1v) is 8.12. The van der Waals surface area contributed by atoms with E-state index >= 15 is 0 Å². The van der Waals surface area contributed by atoms with Crippen LogP contribution in [0.25, 0.3) is 5.69 Å². The van der Waals surface area contributed by atoms with Crippen LogP contribution in [0.4, 0.5) is 5.69 Å². The quantitative estimate of drug-likeness (QED) is 0.480. The van der Waals surface area contributed by atoms with E-state index in [9.17, 15) is 4.79 Å². The predicted octanol–water partition coefficient (Wildman–Crippen LogP) is 2.60. The van der Waals surface area contributed by atoms with Crippen molar-refractivity contribution in [2.24, 2.45) is 5.16 Å². The van der Waals surface area contributed by atoms with Gasteiger partial charge in [-0.2, -0.15) is 5.10 Å². The lowest BCUT2D eigenvalue weighted by Gasteiger charge is -2.15. The van der Waals surface area contributed by atoms with E-state index < -0.39 is 0 Å². The molecular weight excluding hydrogens is 338 g/mol. The topological polar surface area (TPSA) is 72.6 Å². The summed E-state index contributed by atoms with van der Waals surface area (Å²) >= 11 is 7.46. The molecule has 0 spiro atoms. The molecule has 2 rings (SSSR count). The van der Waals surface area contributed by atoms with Crippen LogP contribution >= 0.6 is 23.4 Å². The molecule has 0 saturated carbocycles. The fourth-order valence-electron chi connectivity index (χ4n) is 1.79. The van der Waals surface area contributed by atoms with Crippen LogP contribution in [0.5, 0.6) is 0 Å². The maximum absolute atomic E-state index is 12.5. The Morgan fingerprint density at radius 1 is 1.57 bits per heavy atom. The van der Waals surface area contributed by atoms with Gasteiger partial charge in [-0.05, 0) is 17.9 Å². The SMILES string of the molecule is CCSC(=NOC)C(=O)N(C)c1cn(-c2cccnc2)nc1Cl. The Labute approximate surface area is 143 Å². The van der Waals surface area contributed by atoms with Crippen molar-refractivity contribution in [1.82, 2.24) is 14.8 Å². The van der Waals surface area contributed by atoms with Crippen molar-refractivity contribution < 1.29 is 9.63 Å². The number of anilines is 1. The van der Waals surface area contributed by atoms with Crippen LogP contribution in [-0.2, 0) is 9.63 Å². The number of carbonyl (C=O) groups excluding carboxylic acids is 1. The molecule has 1 amide bonds. The summed E-state index contributed by atoms with van der Waals surface area (Å²) in [6, 6.07) is 3.63. The minimum atomic E-state index is -0.314. The minimum Gasteiger partial charge on any atom is -0.398 e. The molecule has 2 heterocycles. The zero-order chi connectivity index (χ0) is 16.8. The zero-order valence-corrected chi connectivity index (χ0v) is 14.5. The predicted molar refractivity (Wildman–Crippen MR) is 92.4 cm³/mol. The van der Waals surface area contributed by atoms with Gasteiger partial charge in [0.05, 0.1) is 18.1 Å². The van der Waals surface area contributed by atoms with E-state index in [0.717, 1.165) is 5.69 Å². The van der Waals surface area contributed by atoms with E-state index in [4.69, 9.17) is 16.4 Å². The van der Waals surface area contributed by atoms with Gasteiger partial charge in [-0.3, -0.25) is 9.78 Å². The fraction of sp³-hybridized carbons (Fsp3) is 0.286. The van der Waals surface area contributed by atoms with Crippen LogP contribution in [0.15, 0.2) is 35.9 Å². The molecule has 0 aliphatic heterocycles. The first-order valence-electron chi connectivity index (χ1n) is 6.76. The number of thioether (sulfide) groups is 1. The van der Waals surface area contributed by atoms with Crippen molar-refractivity contribution in [2.45, 2.75) is 6.92 Å². The van der Waals surface area contributed by atoms with E-state index in [2.05, 4.69) is 15.2 Å². The third-order valence-electron chi connectivity index (χ3n) is 2.87. The molecule has 2 aromatic heterocycles. The number of oxime groups is 1. The van der Waals surface area contributed by atoms with Gasteiger partial charge in [0, 0.05) is 13.2 Å². The highest BCUT2D eigenvalue weighted by Gasteiger charge is 2.23. The van der Waals surface area contributed by atoms with Crippen LogP contribution in [0.2, 0.25) is 5.15 Å². The largest absolute Gasteiger partial charge is 0.398 e. The maximum atomic E-state index is 12.5. The van der Waals surface area contributed by atoms with Gasteiger partial charge in [-0.1, -0.05) is 35.4 Å². The van der Waals surface area contributed by atoms with Gasteiger partial charge in [-0.25, -0.2) is 4.68 Å². The highest BCUT2D eigenvalue weighted by molar-refractivity contribution is 8.15. The van der Waals surface area contributed by atoms with Crippen molar-refractivity contribution in [3.63, 3.8) is 0 Å². The standard InChI is InChI=1S/C14H16ClN5O2S/c1-4-23-13(18-22-3)14(21)19(2)11-9-20(17-12(11)15)10-6-5-7-16-8-10/h5-9H,4H2,1-3H3. The van der Waals surface area contributed by atoms with E-state index in [1.807, 2.05) is 13.0 Å². The molecule has 0 N–H and O–H groups in total. The number of aromatic nitrogens is 3. The molecule has 0 aliphatic rings. The summed E-state index contributed by atoms with van der Waals surface area (Å²) < 4.78 is 1.56. The van der Waals surface area contributed by atoms with Crippen LogP contribution in [0.1, 0.15) is 6.92 Å². The van der Waals surface area contributed by atoms with E-state index in [1.54, 1.807) is 36.4 Å². The Bertz CT molecular complexity index is 704. The number of hydrogen-bond donors (Lipinski definition) is 0.